The molecule has 13 heavy (non-hydrogen) atoms. The molecule has 1 rings (SSSR count). The number of carbonyl (C=O) groups excluding carboxylic acids is 1. The largest absolute Gasteiger partial charge is 0.343 e. The molecule has 0 radical (unpaired) electrons. The lowest BCUT2D eigenvalue weighted by molar-refractivity contribution is -0.129. The summed E-state index contributed by atoms with van der Waals surface area (Å²) in [5.41, 5.74) is 0. The van der Waals surface area contributed by atoms with Crippen LogP contribution in [0.2, 0.25) is 0 Å². The lowest BCUT2D eigenvalue weighted by Gasteiger charge is -2.24. The van der Waals surface area contributed by atoms with E-state index in [1.807, 2.05) is 18.7 Å². The Kier molecular flexibility index (Phi) is 12.7. The Morgan fingerprint density at radius 2 is 1.46 bits per heavy atom. The molecule has 0 aliphatic carbocycles. The predicted molar refractivity (Wildman–Crippen MR) is 58.7 cm³/mol. The lowest BCUT2D eigenvalue weighted by Crippen LogP contribution is -2.33. The second-order valence-electron chi connectivity index (χ2n) is 2.57. The Bertz CT molecular complexity index is 117. The van der Waals surface area contributed by atoms with Crippen molar-refractivity contribution in [1.82, 2.24) is 4.90 Å². The van der Waals surface area contributed by atoms with Crippen LogP contribution in [-0.2, 0) is 4.79 Å². The summed E-state index contributed by atoms with van der Waals surface area (Å²) in [5.74, 6) is 0.231. The lowest BCUT2D eigenvalue weighted by atomic mass is 10.1. The molecule has 0 unspecified atom stereocenters. The average Bonchev–Trinajstić information content (AvgIpc) is 2.25. The van der Waals surface area contributed by atoms with Gasteiger partial charge in [-0.05, 0) is 19.3 Å². The molecule has 1 aliphatic heterocycles. The quantitative estimate of drug-likeness (QED) is 0.531. The van der Waals surface area contributed by atoms with Crippen molar-refractivity contribution in [2.75, 3.05) is 13.1 Å². The van der Waals surface area contributed by atoms with Gasteiger partial charge in [-0.25, -0.2) is 0 Å². The van der Waals surface area contributed by atoms with E-state index in [0.717, 1.165) is 13.1 Å². The van der Waals surface area contributed by atoms with Gasteiger partial charge in [0.2, 0.25) is 5.91 Å². The van der Waals surface area contributed by atoms with Gasteiger partial charge >= 0.3 is 0 Å². The minimum absolute atomic E-state index is 0.231. The second kappa shape index (κ2) is 11.2. The van der Waals surface area contributed by atoms with Crippen molar-refractivity contribution in [3.05, 3.63) is 13.2 Å². The van der Waals surface area contributed by atoms with Gasteiger partial charge in [0, 0.05) is 20.0 Å². The highest BCUT2D eigenvalue weighted by Crippen LogP contribution is 2.07. The van der Waals surface area contributed by atoms with Gasteiger partial charge in [-0.1, -0.05) is 13.8 Å². The molecule has 0 saturated carbocycles. The predicted octanol–water partition coefficient (Wildman–Crippen LogP) is 2.85. The van der Waals surface area contributed by atoms with Gasteiger partial charge in [0.1, 0.15) is 0 Å². The van der Waals surface area contributed by atoms with E-state index in [4.69, 9.17) is 0 Å². The van der Waals surface area contributed by atoms with E-state index >= 15 is 0 Å². The Morgan fingerprint density at radius 1 is 1.08 bits per heavy atom. The minimum atomic E-state index is 0.231. The van der Waals surface area contributed by atoms with Crippen LogP contribution in [0.25, 0.3) is 0 Å². The molecule has 1 heterocycles. The van der Waals surface area contributed by atoms with Gasteiger partial charge in [-0.3, -0.25) is 4.79 Å². The summed E-state index contributed by atoms with van der Waals surface area (Å²) in [6.07, 6.45) is 3.68. The van der Waals surface area contributed by atoms with Crippen molar-refractivity contribution in [2.45, 2.75) is 40.0 Å². The highest BCUT2D eigenvalue weighted by Gasteiger charge is 2.10. The zero-order valence-electron chi connectivity index (χ0n) is 9.31. The molecule has 1 amide bonds. The molecular weight excluding hydrogens is 162 g/mol. The summed E-state index contributed by atoms with van der Waals surface area (Å²) in [4.78, 5) is 12.6. The first-order valence-corrected chi connectivity index (χ1v) is 5.06. The first-order valence-electron chi connectivity index (χ1n) is 5.06. The minimum Gasteiger partial charge on any atom is -0.343 e. The molecule has 2 nitrogen and oxygen atoms in total. The maximum atomic E-state index is 10.7. The number of amides is 1. The topological polar surface area (TPSA) is 20.3 Å². The van der Waals surface area contributed by atoms with Crippen molar-refractivity contribution in [2.24, 2.45) is 0 Å². The van der Waals surface area contributed by atoms with E-state index in [0.29, 0.717) is 0 Å². The third-order valence-corrected chi connectivity index (χ3v) is 1.80. The van der Waals surface area contributed by atoms with E-state index in [-0.39, 0.29) is 5.91 Å². The van der Waals surface area contributed by atoms with E-state index in [9.17, 15) is 4.79 Å². The fourth-order valence-electron chi connectivity index (χ4n) is 1.21. The smallest absolute Gasteiger partial charge is 0.219 e. The molecule has 0 aromatic carbocycles. The van der Waals surface area contributed by atoms with Gasteiger partial charge in [-0.15, -0.1) is 13.2 Å². The standard InChI is InChI=1S/C7H13NO.C2H6.C2H4/c1-7(9)8-5-3-2-4-6-8;2*1-2/h2-6H2,1H3;1-2H3;1-2H2. The highest BCUT2D eigenvalue weighted by molar-refractivity contribution is 5.73. The molecular formula is C11H23NO. The molecule has 0 bridgehead atoms. The monoisotopic (exact) mass is 185 g/mol. The van der Waals surface area contributed by atoms with E-state index in [1.165, 1.54) is 19.3 Å². The summed E-state index contributed by atoms with van der Waals surface area (Å²) in [5, 5.41) is 0. The summed E-state index contributed by atoms with van der Waals surface area (Å²) < 4.78 is 0. The van der Waals surface area contributed by atoms with Gasteiger partial charge in [0.15, 0.2) is 0 Å². The molecule has 2 heteroatoms. The molecule has 1 fully saturated rings. The van der Waals surface area contributed by atoms with Crippen LogP contribution in [-0.4, -0.2) is 23.9 Å². The van der Waals surface area contributed by atoms with Crippen molar-refractivity contribution in [3.63, 3.8) is 0 Å². The first kappa shape index (κ1) is 14.7. The van der Waals surface area contributed by atoms with Crippen LogP contribution in [0.1, 0.15) is 40.0 Å². The normalized spacial score (nSPS) is 14.5. The second-order valence-corrected chi connectivity index (χ2v) is 2.57. The number of nitrogens with zero attached hydrogens (tertiary/aromatic N) is 1. The van der Waals surface area contributed by atoms with Crippen molar-refractivity contribution < 1.29 is 4.79 Å². The maximum absolute atomic E-state index is 10.7. The van der Waals surface area contributed by atoms with Crippen LogP contribution in [0, 0.1) is 0 Å². The van der Waals surface area contributed by atoms with Crippen molar-refractivity contribution in [1.29, 1.82) is 0 Å². The van der Waals surface area contributed by atoms with Crippen LogP contribution in [0.5, 0.6) is 0 Å². The number of hydrogen-bond donors (Lipinski definition) is 0. The van der Waals surface area contributed by atoms with Crippen LogP contribution >= 0.6 is 0 Å². The first-order chi connectivity index (χ1) is 6.30. The van der Waals surface area contributed by atoms with Crippen LogP contribution in [0.15, 0.2) is 13.2 Å². The third kappa shape index (κ3) is 7.57. The van der Waals surface area contributed by atoms with E-state index in [1.54, 1.807) is 6.92 Å². The van der Waals surface area contributed by atoms with Crippen molar-refractivity contribution >= 4 is 5.91 Å². The number of carbonyl (C=O) groups is 1. The number of hydrogen-bond acceptors (Lipinski definition) is 1. The molecule has 0 atom stereocenters. The zero-order chi connectivity index (χ0) is 10.7. The summed E-state index contributed by atoms with van der Waals surface area (Å²) in [6.45, 7) is 13.6. The molecule has 78 valence electrons. The summed E-state index contributed by atoms with van der Waals surface area (Å²) >= 11 is 0. The maximum Gasteiger partial charge on any atom is 0.219 e. The Labute approximate surface area is 82.6 Å². The average molecular weight is 185 g/mol. The molecule has 0 aromatic rings. The van der Waals surface area contributed by atoms with Crippen LogP contribution in [0.4, 0.5) is 0 Å². The van der Waals surface area contributed by atoms with E-state index < -0.39 is 0 Å². The van der Waals surface area contributed by atoms with E-state index in [2.05, 4.69) is 13.2 Å². The Morgan fingerprint density at radius 3 is 1.69 bits per heavy atom. The fraction of sp³-hybridized carbons (Fsp3) is 0.727. The number of likely N-dealkylation sites (tertiary alicyclic amines) is 1. The highest BCUT2D eigenvalue weighted by atomic mass is 16.2. The van der Waals surface area contributed by atoms with Gasteiger partial charge in [0.25, 0.3) is 0 Å². The third-order valence-electron chi connectivity index (χ3n) is 1.80. The molecule has 0 N–H and O–H groups in total. The van der Waals surface area contributed by atoms with Gasteiger partial charge in [0.05, 0.1) is 0 Å². The Hall–Kier alpha value is -0.790. The summed E-state index contributed by atoms with van der Waals surface area (Å²) in [6, 6.07) is 0. The molecule has 0 aromatic heterocycles. The molecule has 1 aliphatic rings. The number of rotatable bonds is 0. The van der Waals surface area contributed by atoms with Crippen LogP contribution < -0.4 is 0 Å². The zero-order valence-corrected chi connectivity index (χ0v) is 9.31. The molecule has 1 saturated heterocycles. The summed E-state index contributed by atoms with van der Waals surface area (Å²) in [7, 11) is 0. The van der Waals surface area contributed by atoms with Crippen LogP contribution in [0.3, 0.4) is 0 Å². The number of piperidine rings is 1. The van der Waals surface area contributed by atoms with Crippen molar-refractivity contribution in [3.8, 4) is 0 Å². The van der Waals surface area contributed by atoms with Gasteiger partial charge in [-0.2, -0.15) is 0 Å². The Balaban J connectivity index is 0. The van der Waals surface area contributed by atoms with Gasteiger partial charge < -0.3 is 4.90 Å². The SMILES string of the molecule is C=C.CC.CC(=O)N1CCCCC1. The molecule has 0 spiro atoms. The fourth-order valence-corrected chi connectivity index (χ4v) is 1.21.